The van der Waals surface area contributed by atoms with Crippen LogP contribution in [0, 0.1) is 40.3 Å². The Morgan fingerprint density at radius 2 is 1.97 bits per heavy atom. The Balaban J connectivity index is 1.24. The van der Waals surface area contributed by atoms with E-state index >= 15 is 0 Å². The van der Waals surface area contributed by atoms with E-state index in [4.69, 9.17) is 11.6 Å². The predicted molar refractivity (Wildman–Crippen MR) is 129 cm³/mol. The second-order valence-corrected chi connectivity index (χ2v) is 11.3. The fraction of sp³-hybridized carbons (Fsp3) is 0.556. The van der Waals surface area contributed by atoms with Crippen LogP contribution in [0.5, 0.6) is 0 Å². The SMILES string of the molecule is N#C[C@H](C[C@@H]1CCC2(CC2)CC1=O)NC(=O)[C@@H](CC(=O)c1cc2cc(F)cc(Cl)c2[nH]1)CC1CC1. The molecule has 0 radical (unpaired) electrons. The lowest BCUT2D eigenvalue weighted by Crippen LogP contribution is -2.41. The average Bonchev–Trinajstić information content (AvgIpc) is 3.73. The molecule has 2 aromatic rings. The molecule has 1 aromatic carbocycles. The van der Waals surface area contributed by atoms with Crippen molar-refractivity contribution < 1.29 is 18.8 Å². The number of carbonyl (C=O) groups is 3. The Kier molecular flexibility index (Phi) is 6.43. The monoisotopic (exact) mass is 497 g/mol. The minimum Gasteiger partial charge on any atom is -0.351 e. The molecule has 184 valence electrons. The summed E-state index contributed by atoms with van der Waals surface area (Å²) in [7, 11) is 0. The number of halogens is 2. The van der Waals surface area contributed by atoms with Crippen molar-refractivity contribution in [2.45, 2.75) is 70.3 Å². The summed E-state index contributed by atoms with van der Waals surface area (Å²) in [5.74, 6) is -1.21. The fourth-order valence-electron chi connectivity index (χ4n) is 5.50. The van der Waals surface area contributed by atoms with Gasteiger partial charge in [0, 0.05) is 30.1 Å². The molecule has 1 heterocycles. The Morgan fingerprint density at radius 3 is 2.63 bits per heavy atom. The van der Waals surface area contributed by atoms with Gasteiger partial charge in [-0.3, -0.25) is 14.4 Å². The van der Waals surface area contributed by atoms with E-state index in [-0.39, 0.29) is 45.9 Å². The summed E-state index contributed by atoms with van der Waals surface area (Å²) in [5.41, 5.74) is 0.988. The molecule has 8 heteroatoms. The molecular formula is C27H29ClFN3O3. The molecule has 0 unspecified atom stereocenters. The van der Waals surface area contributed by atoms with Crippen molar-refractivity contribution >= 4 is 40.0 Å². The van der Waals surface area contributed by atoms with E-state index in [0.717, 1.165) is 38.5 Å². The maximum absolute atomic E-state index is 13.7. The predicted octanol–water partition coefficient (Wildman–Crippen LogP) is 5.50. The number of aromatic amines is 1. The molecule has 1 spiro atoms. The molecule has 3 aliphatic rings. The summed E-state index contributed by atoms with van der Waals surface area (Å²) in [6.07, 6.45) is 7.59. The summed E-state index contributed by atoms with van der Waals surface area (Å²) in [6, 6.07) is 5.44. The fourth-order valence-corrected chi connectivity index (χ4v) is 5.76. The average molecular weight is 498 g/mol. The van der Waals surface area contributed by atoms with Crippen LogP contribution in [-0.2, 0) is 9.59 Å². The minimum atomic E-state index is -0.753. The molecule has 3 aliphatic carbocycles. The summed E-state index contributed by atoms with van der Waals surface area (Å²) >= 11 is 6.09. The number of Topliss-reactive ketones (excluding diaryl/α,β-unsaturated/α-hetero) is 2. The van der Waals surface area contributed by atoms with Crippen molar-refractivity contribution in [1.82, 2.24) is 10.3 Å². The number of nitrogens with zero attached hydrogens (tertiary/aromatic N) is 1. The van der Waals surface area contributed by atoms with Crippen molar-refractivity contribution in [3.63, 3.8) is 0 Å². The molecule has 5 rings (SSSR count). The Morgan fingerprint density at radius 1 is 1.20 bits per heavy atom. The zero-order chi connectivity index (χ0) is 24.7. The number of amides is 1. The molecule has 0 aliphatic heterocycles. The molecule has 0 bridgehead atoms. The van der Waals surface area contributed by atoms with E-state index < -0.39 is 17.8 Å². The molecule has 3 fully saturated rings. The highest BCUT2D eigenvalue weighted by Gasteiger charge is 2.48. The smallest absolute Gasteiger partial charge is 0.224 e. The number of ketones is 2. The maximum atomic E-state index is 13.7. The van der Waals surface area contributed by atoms with E-state index in [1.54, 1.807) is 6.07 Å². The quantitative estimate of drug-likeness (QED) is 0.446. The number of fused-ring (bicyclic) bond motifs is 1. The first kappa shape index (κ1) is 24.0. The summed E-state index contributed by atoms with van der Waals surface area (Å²) in [4.78, 5) is 41.8. The van der Waals surface area contributed by atoms with Crippen molar-refractivity contribution in [2.24, 2.45) is 23.2 Å². The zero-order valence-corrected chi connectivity index (χ0v) is 20.3. The lowest BCUT2D eigenvalue weighted by molar-refractivity contribution is -0.128. The molecule has 3 atom stereocenters. The number of carbonyl (C=O) groups excluding carboxylic acids is 3. The summed E-state index contributed by atoms with van der Waals surface area (Å²) in [6.45, 7) is 0. The molecular weight excluding hydrogens is 469 g/mol. The van der Waals surface area contributed by atoms with Crippen molar-refractivity contribution in [3.8, 4) is 6.07 Å². The van der Waals surface area contributed by atoms with Gasteiger partial charge >= 0.3 is 0 Å². The minimum absolute atomic E-state index is 0.0156. The van der Waals surface area contributed by atoms with Crippen LogP contribution in [0.25, 0.3) is 10.9 Å². The van der Waals surface area contributed by atoms with Gasteiger partial charge in [0.05, 0.1) is 22.3 Å². The summed E-state index contributed by atoms with van der Waals surface area (Å²) in [5, 5.41) is 13.2. The highest BCUT2D eigenvalue weighted by Crippen LogP contribution is 2.56. The van der Waals surface area contributed by atoms with Gasteiger partial charge in [0.15, 0.2) is 5.78 Å². The largest absolute Gasteiger partial charge is 0.351 e. The van der Waals surface area contributed by atoms with Gasteiger partial charge in [-0.15, -0.1) is 0 Å². The van der Waals surface area contributed by atoms with Gasteiger partial charge in [0.1, 0.15) is 17.6 Å². The van der Waals surface area contributed by atoms with Crippen LogP contribution in [-0.4, -0.2) is 28.5 Å². The maximum Gasteiger partial charge on any atom is 0.224 e. The highest BCUT2D eigenvalue weighted by molar-refractivity contribution is 6.35. The molecule has 0 saturated heterocycles. The number of hydrogen-bond acceptors (Lipinski definition) is 4. The Hall–Kier alpha value is -2.72. The third kappa shape index (κ3) is 5.43. The summed E-state index contributed by atoms with van der Waals surface area (Å²) < 4.78 is 13.7. The highest BCUT2D eigenvalue weighted by atomic mass is 35.5. The second kappa shape index (κ2) is 9.39. The van der Waals surface area contributed by atoms with E-state index in [0.29, 0.717) is 36.1 Å². The van der Waals surface area contributed by atoms with Crippen molar-refractivity contribution in [3.05, 3.63) is 34.7 Å². The van der Waals surface area contributed by atoms with Gasteiger partial charge < -0.3 is 10.3 Å². The van der Waals surface area contributed by atoms with Crippen LogP contribution in [0.1, 0.15) is 74.7 Å². The number of aromatic nitrogens is 1. The lowest BCUT2D eigenvalue weighted by Gasteiger charge is -2.29. The van der Waals surface area contributed by atoms with E-state index in [1.807, 2.05) is 0 Å². The van der Waals surface area contributed by atoms with Gasteiger partial charge in [0.2, 0.25) is 5.91 Å². The van der Waals surface area contributed by atoms with E-state index in [2.05, 4.69) is 16.4 Å². The third-order valence-electron chi connectivity index (χ3n) is 8.04. The molecule has 3 saturated carbocycles. The molecule has 1 amide bonds. The Labute approximate surface area is 208 Å². The van der Waals surface area contributed by atoms with Crippen LogP contribution in [0.3, 0.4) is 0 Å². The number of rotatable bonds is 9. The van der Waals surface area contributed by atoms with Gasteiger partial charge in [-0.05, 0) is 68.1 Å². The Bertz CT molecular complexity index is 1220. The number of nitriles is 1. The third-order valence-corrected chi connectivity index (χ3v) is 8.34. The number of H-pyrrole nitrogens is 1. The molecule has 6 nitrogen and oxygen atoms in total. The van der Waals surface area contributed by atoms with Gasteiger partial charge in [-0.2, -0.15) is 5.26 Å². The van der Waals surface area contributed by atoms with Crippen LogP contribution < -0.4 is 5.32 Å². The zero-order valence-electron chi connectivity index (χ0n) is 19.5. The lowest BCUT2D eigenvalue weighted by atomic mass is 9.76. The first-order valence-electron chi connectivity index (χ1n) is 12.5. The van der Waals surface area contributed by atoms with Crippen LogP contribution in [0.2, 0.25) is 5.02 Å². The normalized spacial score (nSPS) is 22.5. The topological polar surface area (TPSA) is 103 Å². The van der Waals surface area contributed by atoms with E-state index in [1.165, 1.54) is 12.1 Å². The van der Waals surface area contributed by atoms with E-state index in [9.17, 15) is 24.0 Å². The van der Waals surface area contributed by atoms with Gasteiger partial charge in [-0.25, -0.2) is 4.39 Å². The van der Waals surface area contributed by atoms with Crippen LogP contribution in [0.4, 0.5) is 4.39 Å². The van der Waals surface area contributed by atoms with Gasteiger partial charge in [-0.1, -0.05) is 24.4 Å². The van der Waals surface area contributed by atoms with Crippen LogP contribution >= 0.6 is 11.6 Å². The second-order valence-electron chi connectivity index (χ2n) is 10.8. The van der Waals surface area contributed by atoms with Crippen LogP contribution in [0.15, 0.2) is 18.2 Å². The molecule has 35 heavy (non-hydrogen) atoms. The standard InChI is InChI=1S/C27H29ClFN3O3/c28-21-12-19(29)8-17-10-22(32-25(17)21)23(33)11-18(7-15-1-2-15)26(35)31-20(14-30)9-16-3-4-27(5-6-27)13-24(16)34/h8,10,12,15-16,18,20,32H,1-7,9,11,13H2,(H,31,35)/t16-,18+,20-/m0/s1. The van der Waals surface area contributed by atoms with Gasteiger partial charge in [0.25, 0.3) is 0 Å². The van der Waals surface area contributed by atoms with Crippen molar-refractivity contribution in [2.75, 3.05) is 0 Å². The van der Waals surface area contributed by atoms with Crippen molar-refractivity contribution in [1.29, 1.82) is 5.26 Å². The molecule has 1 aromatic heterocycles. The first-order chi connectivity index (χ1) is 16.7. The first-order valence-corrected chi connectivity index (χ1v) is 12.9. The molecule has 2 N–H and O–H groups in total. The number of nitrogens with one attached hydrogen (secondary N) is 2. The number of benzene rings is 1. The number of hydrogen-bond donors (Lipinski definition) is 2.